The zero-order chi connectivity index (χ0) is 22.1. The number of hydrogen-bond donors (Lipinski definition) is 1. The van der Waals surface area contributed by atoms with Gasteiger partial charge in [-0.25, -0.2) is 0 Å². The number of likely N-dealkylation sites (tertiary alicyclic amines) is 2. The van der Waals surface area contributed by atoms with E-state index in [9.17, 15) is 9.59 Å². The number of ether oxygens (including phenoxy) is 1. The normalized spacial score (nSPS) is 19.0. The Hall–Kier alpha value is -1.92. The first kappa shape index (κ1) is 23.7. The van der Waals surface area contributed by atoms with E-state index in [1.165, 1.54) is 0 Å². The van der Waals surface area contributed by atoms with Crippen LogP contribution in [0.15, 0.2) is 30.3 Å². The second-order valence-electron chi connectivity index (χ2n) is 9.37. The fourth-order valence-corrected chi connectivity index (χ4v) is 4.56. The van der Waals surface area contributed by atoms with Crippen molar-refractivity contribution in [1.82, 2.24) is 15.1 Å². The maximum atomic E-state index is 12.5. The van der Waals surface area contributed by atoms with Gasteiger partial charge in [0.15, 0.2) is 0 Å². The van der Waals surface area contributed by atoms with Crippen LogP contribution < -0.4 is 5.32 Å². The van der Waals surface area contributed by atoms with E-state index in [1.807, 2.05) is 35.2 Å². The number of piperidine rings is 2. The van der Waals surface area contributed by atoms with Crippen molar-refractivity contribution in [3.8, 4) is 0 Å². The third-order valence-corrected chi connectivity index (χ3v) is 6.59. The molecular formula is C25H39N3O3. The van der Waals surface area contributed by atoms with E-state index in [-0.39, 0.29) is 24.3 Å². The summed E-state index contributed by atoms with van der Waals surface area (Å²) in [7, 11) is 0. The van der Waals surface area contributed by atoms with Crippen molar-refractivity contribution in [3.05, 3.63) is 35.9 Å². The van der Waals surface area contributed by atoms with Crippen molar-refractivity contribution in [2.75, 3.05) is 39.3 Å². The molecule has 2 aliphatic rings. The smallest absolute Gasteiger partial charge is 0.248 e. The summed E-state index contributed by atoms with van der Waals surface area (Å²) in [6.07, 6.45) is 4.95. The highest BCUT2D eigenvalue weighted by atomic mass is 16.5. The van der Waals surface area contributed by atoms with Gasteiger partial charge in [0.05, 0.1) is 6.61 Å². The average Bonchev–Trinajstić information content (AvgIpc) is 2.79. The predicted molar refractivity (Wildman–Crippen MR) is 122 cm³/mol. The number of nitrogens with zero attached hydrogens (tertiary/aromatic N) is 2. The lowest BCUT2D eigenvalue weighted by Gasteiger charge is -2.41. The molecule has 1 aromatic rings. The molecule has 0 radical (unpaired) electrons. The molecule has 172 valence electrons. The molecule has 3 rings (SSSR count). The molecule has 0 unspecified atom stereocenters. The Kier molecular flexibility index (Phi) is 9.34. The fourth-order valence-electron chi connectivity index (χ4n) is 4.56. The molecule has 2 aliphatic heterocycles. The number of carbonyl (C=O) groups is 2. The highest BCUT2D eigenvalue weighted by Gasteiger charge is 2.31. The van der Waals surface area contributed by atoms with Gasteiger partial charge in [-0.2, -0.15) is 0 Å². The number of nitrogens with one attached hydrogen (secondary N) is 1. The molecular weight excluding hydrogens is 390 g/mol. The predicted octanol–water partition coefficient (Wildman–Crippen LogP) is 3.07. The summed E-state index contributed by atoms with van der Waals surface area (Å²) in [5, 5.41) is 3.11. The Labute approximate surface area is 187 Å². The first-order valence-corrected chi connectivity index (χ1v) is 11.9. The minimum atomic E-state index is 0.0890. The Morgan fingerprint density at radius 1 is 1.03 bits per heavy atom. The van der Waals surface area contributed by atoms with E-state index >= 15 is 0 Å². The van der Waals surface area contributed by atoms with E-state index in [0.717, 1.165) is 70.4 Å². The summed E-state index contributed by atoms with van der Waals surface area (Å²) in [6, 6.07) is 10.5. The average molecular weight is 430 g/mol. The van der Waals surface area contributed by atoms with Crippen LogP contribution >= 0.6 is 0 Å². The molecule has 2 fully saturated rings. The SMILES string of the molecule is CC(C)CCNC(=O)C1CCN(C2CCN(C(=O)COCc3ccccc3)CC2)CC1. The van der Waals surface area contributed by atoms with Crippen LogP contribution in [0.25, 0.3) is 0 Å². The lowest BCUT2D eigenvalue weighted by molar-refractivity contribution is -0.138. The van der Waals surface area contributed by atoms with Gasteiger partial charge in [0.1, 0.15) is 6.61 Å². The quantitative estimate of drug-likeness (QED) is 0.655. The van der Waals surface area contributed by atoms with Gasteiger partial charge in [0, 0.05) is 31.6 Å². The monoisotopic (exact) mass is 429 g/mol. The Bertz CT molecular complexity index is 679. The molecule has 31 heavy (non-hydrogen) atoms. The van der Waals surface area contributed by atoms with Gasteiger partial charge in [-0.05, 0) is 56.7 Å². The lowest BCUT2D eigenvalue weighted by atomic mass is 9.92. The molecule has 2 amide bonds. The Balaban J connectivity index is 1.31. The van der Waals surface area contributed by atoms with Crippen LogP contribution in [0.2, 0.25) is 0 Å². The topological polar surface area (TPSA) is 61.9 Å². The maximum Gasteiger partial charge on any atom is 0.248 e. The van der Waals surface area contributed by atoms with Gasteiger partial charge in [-0.1, -0.05) is 44.2 Å². The molecule has 0 saturated carbocycles. The summed E-state index contributed by atoms with van der Waals surface area (Å²) >= 11 is 0. The van der Waals surface area contributed by atoms with E-state index in [1.54, 1.807) is 0 Å². The van der Waals surface area contributed by atoms with Crippen molar-refractivity contribution in [2.45, 2.75) is 58.6 Å². The maximum absolute atomic E-state index is 12.5. The third kappa shape index (κ3) is 7.62. The summed E-state index contributed by atoms with van der Waals surface area (Å²) in [6.45, 7) is 9.35. The lowest BCUT2D eigenvalue weighted by Crippen LogP contribution is -2.50. The van der Waals surface area contributed by atoms with Crippen molar-refractivity contribution in [3.63, 3.8) is 0 Å². The molecule has 0 aliphatic carbocycles. The highest BCUT2D eigenvalue weighted by Crippen LogP contribution is 2.24. The molecule has 0 atom stereocenters. The third-order valence-electron chi connectivity index (χ3n) is 6.59. The zero-order valence-corrected chi connectivity index (χ0v) is 19.2. The molecule has 1 N–H and O–H groups in total. The van der Waals surface area contributed by atoms with Gasteiger partial charge in [-0.15, -0.1) is 0 Å². The van der Waals surface area contributed by atoms with Crippen molar-refractivity contribution < 1.29 is 14.3 Å². The highest BCUT2D eigenvalue weighted by molar-refractivity contribution is 5.78. The summed E-state index contributed by atoms with van der Waals surface area (Å²) < 4.78 is 5.61. The molecule has 0 aromatic heterocycles. The van der Waals surface area contributed by atoms with Gasteiger partial charge in [0.2, 0.25) is 11.8 Å². The van der Waals surface area contributed by atoms with Crippen molar-refractivity contribution in [2.24, 2.45) is 11.8 Å². The Morgan fingerprint density at radius 3 is 2.35 bits per heavy atom. The summed E-state index contributed by atoms with van der Waals surface area (Å²) in [5.74, 6) is 1.10. The standard InChI is InChI=1S/C25H39N3O3/c1-20(2)8-13-26-25(30)22-9-14-27(15-10-22)23-11-16-28(17-12-23)24(29)19-31-18-21-6-4-3-5-7-21/h3-7,20,22-23H,8-19H2,1-2H3,(H,26,30). The van der Waals surface area contributed by atoms with Crippen LogP contribution in [0.3, 0.4) is 0 Å². The minimum Gasteiger partial charge on any atom is -0.367 e. The van der Waals surface area contributed by atoms with Gasteiger partial charge >= 0.3 is 0 Å². The number of hydrogen-bond acceptors (Lipinski definition) is 4. The van der Waals surface area contributed by atoms with E-state index in [4.69, 9.17) is 4.74 Å². The van der Waals surface area contributed by atoms with Crippen LogP contribution in [-0.2, 0) is 20.9 Å². The van der Waals surface area contributed by atoms with Crippen molar-refractivity contribution in [1.29, 1.82) is 0 Å². The molecule has 6 heteroatoms. The summed E-state index contributed by atoms with van der Waals surface area (Å²) in [4.78, 5) is 29.3. The molecule has 1 aromatic carbocycles. The Morgan fingerprint density at radius 2 is 1.71 bits per heavy atom. The van der Waals surface area contributed by atoms with E-state index in [0.29, 0.717) is 18.6 Å². The minimum absolute atomic E-state index is 0.0890. The van der Waals surface area contributed by atoms with Crippen LogP contribution in [0.4, 0.5) is 0 Å². The second kappa shape index (κ2) is 12.2. The van der Waals surface area contributed by atoms with Crippen molar-refractivity contribution >= 4 is 11.8 Å². The molecule has 0 bridgehead atoms. The number of benzene rings is 1. The first-order chi connectivity index (χ1) is 15.0. The summed E-state index contributed by atoms with van der Waals surface area (Å²) in [5.41, 5.74) is 1.09. The van der Waals surface area contributed by atoms with Gasteiger partial charge in [0.25, 0.3) is 0 Å². The molecule has 0 spiro atoms. The van der Waals surface area contributed by atoms with E-state index in [2.05, 4.69) is 24.1 Å². The largest absolute Gasteiger partial charge is 0.367 e. The number of carbonyl (C=O) groups excluding carboxylic acids is 2. The number of rotatable bonds is 9. The van der Waals surface area contributed by atoms with Gasteiger partial charge in [-0.3, -0.25) is 9.59 Å². The van der Waals surface area contributed by atoms with Crippen LogP contribution in [-0.4, -0.2) is 67.0 Å². The zero-order valence-electron chi connectivity index (χ0n) is 19.2. The van der Waals surface area contributed by atoms with Crippen LogP contribution in [0.1, 0.15) is 51.5 Å². The van der Waals surface area contributed by atoms with Crippen LogP contribution in [0.5, 0.6) is 0 Å². The van der Waals surface area contributed by atoms with Crippen LogP contribution in [0, 0.1) is 11.8 Å². The van der Waals surface area contributed by atoms with Gasteiger partial charge < -0.3 is 19.9 Å². The van der Waals surface area contributed by atoms with E-state index < -0.39 is 0 Å². The molecule has 6 nitrogen and oxygen atoms in total. The molecule has 2 saturated heterocycles. The first-order valence-electron chi connectivity index (χ1n) is 11.9. The molecule has 2 heterocycles. The second-order valence-corrected chi connectivity index (χ2v) is 9.37. The number of amides is 2. The fraction of sp³-hybridized carbons (Fsp3) is 0.680.